The number of hydrogen-bond acceptors (Lipinski definition) is 4. The van der Waals surface area contributed by atoms with Crippen molar-refractivity contribution in [2.24, 2.45) is 5.92 Å². The molecule has 1 saturated carbocycles. The number of carbonyl (C=O) groups is 1. The van der Waals surface area contributed by atoms with Crippen LogP contribution in [-0.2, 0) is 11.3 Å². The second-order valence-corrected chi connectivity index (χ2v) is 7.42. The third kappa shape index (κ3) is 5.11. The van der Waals surface area contributed by atoms with Gasteiger partial charge >= 0.3 is 5.97 Å². The largest absolute Gasteiger partial charge is 0.481 e. The number of rotatable bonds is 8. The molecule has 25 heavy (non-hydrogen) atoms. The summed E-state index contributed by atoms with van der Waals surface area (Å²) >= 11 is 0. The smallest absolute Gasteiger partial charge is 0.303 e. The van der Waals surface area contributed by atoms with Crippen molar-refractivity contribution in [3.8, 4) is 11.5 Å². The van der Waals surface area contributed by atoms with E-state index >= 15 is 0 Å². The number of carboxylic acids is 1. The molecule has 0 unspecified atom stereocenters. The normalized spacial score (nSPS) is 22.3. The van der Waals surface area contributed by atoms with Gasteiger partial charge in [-0.15, -0.1) is 0 Å². The van der Waals surface area contributed by atoms with Crippen LogP contribution >= 0.6 is 0 Å². The molecule has 5 heteroatoms. The molecular weight excluding hydrogens is 318 g/mol. The van der Waals surface area contributed by atoms with E-state index in [9.17, 15) is 4.79 Å². The van der Waals surface area contributed by atoms with Crippen LogP contribution in [0.3, 0.4) is 0 Å². The predicted octanol–water partition coefficient (Wildman–Crippen LogP) is 4.05. The van der Waals surface area contributed by atoms with Gasteiger partial charge in [0.05, 0.1) is 0 Å². The van der Waals surface area contributed by atoms with E-state index in [4.69, 9.17) is 14.6 Å². The highest BCUT2D eigenvalue weighted by molar-refractivity contribution is 5.66. The fraction of sp³-hybridized carbons (Fsp3) is 0.650. The molecule has 1 heterocycles. The van der Waals surface area contributed by atoms with Gasteiger partial charge in [0.15, 0.2) is 11.5 Å². The highest BCUT2D eigenvalue weighted by Gasteiger charge is 2.24. The molecule has 0 aromatic heterocycles. The van der Waals surface area contributed by atoms with E-state index in [0.29, 0.717) is 12.8 Å². The first-order chi connectivity index (χ1) is 12.1. The molecule has 3 rings (SSSR count). The minimum atomic E-state index is -0.700. The summed E-state index contributed by atoms with van der Waals surface area (Å²) in [6.45, 7) is 4.49. The highest BCUT2D eigenvalue weighted by Crippen LogP contribution is 2.34. The van der Waals surface area contributed by atoms with Gasteiger partial charge in [-0.05, 0) is 68.7 Å². The van der Waals surface area contributed by atoms with Crippen molar-refractivity contribution in [1.29, 1.82) is 0 Å². The van der Waals surface area contributed by atoms with Gasteiger partial charge < -0.3 is 14.6 Å². The average molecular weight is 347 g/mol. The van der Waals surface area contributed by atoms with Gasteiger partial charge in [-0.1, -0.05) is 13.0 Å². The van der Waals surface area contributed by atoms with Gasteiger partial charge in [-0.25, -0.2) is 0 Å². The summed E-state index contributed by atoms with van der Waals surface area (Å²) in [5, 5.41) is 8.84. The van der Waals surface area contributed by atoms with Gasteiger partial charge in [-0.2, -0.15) is 0 Å². The summed E-state index contributed by atoms with van der Waals surface area (Å²) < 4.78 is 10.9. The van der Waals surface area contributed by atoms with Crippen LogP contribution in [0.15, 0.2) is 18.2 Å². The number of carboxylic acid groups (broad SMARTS) is 1. The predicted molar refractivity (Wildman–Crippen MR) is 95.9 cm³/mol. The third-order valence-electron chi connectivity index (χ3n) is 5.41. The lowest BCUT2D eigenvalue weighted by Gasteiger charge is -2.36. The Morgan fingerprint density at radius 3 is 2.68 bits per heavy atom. The van der Waals surface area contributed by atoms with Crippen molar-refractivity contribution in [3.05, 3.63) is 23.8 Å². The molecule has 0 spiro atoms. The van der Waals surface area contributed by atoms with E-state index in [1.807, 2.05) is 6.07 Å². The van der Waals surface area contributed by atoms with Crippen molar-refractivity contribution in [1.82, 2.24) is 4.90 Å². The fourth-order valence-corrected chi connectivity index (χ4v) is 3.86. The zero-order valence-corrected chi connectivity index (χ0v) is 15.1. The first kappa shape index (κ1) is 18.1. The minimum Gasteiger partial charge on any atom is -0.481 e. The Labute approximate surface area is 149 Å². The molecule has 1 N–H and O–H groups in total. The molecule has 0 atom stereocenters. The molecule has 5 nitrogen and oxygen atoms in total. The quantitative estimate of drug-likeness (QED) is 0.719. The van der Waals surface area contributed by atoms with E-state index in [2.05, 4.69) is 24.0 Å². The first-order valence-electron chi connectivity index (χ1n) is 9.46. The minimum absolute atomic E-state index is 0.263. The zero-order valence-electron chi connectivity index (χ0n) is 15.1. The number of fused-ring (bicyclic) bond motifs is 1. The lowest BCUT2D eigenvalue weighted by atomic mass is 9.86. The van der Waals surface area contributed by atoms with Gasteiger partial charge in [0.1, 0.15) is 0 Å². The van der Waals surface area contributed by atoms with Crippen LogP contribution in [0.25, 0.3) is 0 Å². The van der Waals surface area contributed by atoms with E-state index in [0.717, 1.165) is 43.3 Å². The zero-order chi connectivity index (χ0) is 17.6. The number of unbranched alkanes of at least 4 members (excludes halogenated alkanes) is 1. The standard InChI is InChI=1S/C20H29NO4/c1-15-5-8-17(9-6-15)21(11-3-2-4-20(22)23)13-16-7-10-18-19(12-16)25-14-24-18/h7,10,12,15,17H,2-6,8-9,11,13-14H2,1H3,(H,22,23). The molecule has 138 valence electrons. The maximum Gasteiger partial charge on any atom is 0.303 e. The summed E-state index contributed by atoms with van der Waals surface area (Å²) in [5.74, 6) is 1.79. The summed E-state index contributed by atoms with van der Waals surface area (Å²) in [6.07, 6.45) is 7.00. The topological polar surface area (TPSA) is 59.0 Å². The molecule has 1 aromatic rings. The van der Waals surface area contributed by atoms with Crippen molar-refractivity contribution >= 4 is 5.97 Å². The lowest BCUT2D eigenvalue weighted by molar-refractivity contribution is -0.137. The SMILES string of the molecule is CC1CCC(N(CCCCC(=O)O)Cc2ccc3c(c2)OCO3)CC1. The van der Waals surface area contributed by atoms with Crippen LogP contribution in [0.5, 0.6) is 11.5 Å². The Morgan fingerprint density at radius 1 is 1.16 bits per heavy atom. The Hall–Kier alpha value is -1.75. The number of ether oxygens (including phenoxy) is 2. The third-order valence-corrected chi connectivity index (χ3v) is 5.41. The van der Waals surface area contributed by atoms with Gasteiger partial charge in [0.25, 0.3) is 0 Å². The second kappa shape index (κ2) is 8.56. The maximum absolute atomic E-state index is 10.7. The van der Waals surface area contributed by atoms with Crippen LogP contribution in [0.4, 0.5) is 0 Å². The van der Waals surface area contributed by atoms with Crippen molar-refractivity contribution < 1.29 is 19.4 Å². The Balaban J connectivity index is 1.61. The number of hydrogen-bond donors (Lipinski definition) is 1. The molecule has 0 saturated heterocycles. The highest BCUT2D eigenvalue weighted by atomic mass is 16.7. The summed E-state index contributed by atoms with van der Waals surface area (Å²) in [5.41, 5.74) is 1.24. The number of benzene rings is 1. The average Bonchev–Trinajstić information content (AvgIpc) is 3.06. The Morgan fingerprint density at radius 2 is 1.92 bits per heavy atom. The maximum atomic E-state index is 10.7. The van der Waals surface area contributed by atoms with E-state index in [1.54, 1.807) is 0 Å². The molecule has 0 radical (unpaired) electrons. The second-order valence-electron chi connectivity index (χ2n) is 7.42. The molecule has 1 fully saturated rings. The van der Waals surface area contributed by atoms with Crippen LogP contribution < -0.4 is 9.47 Å². The molecule has 0 amide bonds. The van der Waals surface area contributed by atoms with Gasteiger partial charge in [0.2, 0.25) is 6.79 Å². The molecule has 1 aromatic carbocycles. The van der Waals surface area contributed by atoms with E-state index in [-0.39, 0.29) is 6.42 Å². The van der Waals surface area contributed by atoms with Crippen molar-refractivity contribution in [2.45, 2.75) is 64.5 Å². The molecule has 0 bridgehead atoms. The van der Waals surface area contributed by atoms with Crippen molar-refractivity contribution in [2.75, 3.05) is 13.3 Å². The molecule has 2 aliphatic rings. The fourth-order valence-electron chi connectivity index (χ4n) is 3.86. The van der Waals surface area contributed by atoms with Gasteiger partial charge in [-0.3, -0.25) is 9.69 Å². The monoisotopic (exact) mass is 347 g/mol. The summed E-state index contributed by atoms with van der Waals surface area (Å²) in [7, 11) is 0. The molecule has 1 aliphatic heterocycles. The van der Waals surface area contributed by atoms with E-state index in [1.165, 1.54) is 31.2 Å². The Kier molecular flexibility index (Phi) is 6.19. The first-order valence-corrected chi connectivity index (χ1v) is 9.46. The Bertz CT molecular complexity index is 581. The summed E-state index contributed by atoms with van der Waals surface area (Å²) in [4.78, 5) is 13.3. The number of aliphatic carboxylic acids is 1. The van der Waals surface area contributed by atoms with Gasteiger partial charge in [0, 0.05) is 19.0 Å². The van der Waals surface area contributed by atoms with Crippen LogP contribution in [0.2, 0.25) is 0 Å². The number of nitrogens with zero attached hydrogens (tertiary/aromatic N) is 1. The van der Waals surface area contributed by atoms with Crippen LogP contribution in [0.1, 0.15) is 57.4 Å². The van der Waals surface area contributed by atoms with Crippen molar-refractivity contribution in [3.63, 3.8) is 0 Å². The molecule has 1 aliphatic carbocycles. The summed E-state index contributed by atoms with van der Waals surface area (Å²) in [6, 6.07) is 6.79. The van der Waals surface area contributed by atoms with Crippen LogP contribution in [-0.4, -0.2) is 35.4 Å². The lowest BCUT2D eigenvalue weighted by Crippen LogP contribution is -2.38. The van der Waals surface area contributed by atoms with Crippen LogP contribution in [0, 0.1) is 5.92 Å². The molecular formula is C20H29NO4. The van der Waals surface area contributed by atoms with E-state index < -0.39 is 5.97 Å².